The summed E-state index contributed by atoms with van der Waals surface area (Å²) in [5.74, 6) is 0.000856. The number of morpholine rings is 1. The smallest absolute Gasteiger partial charge is 0.248 e. The van der Waals surface area contributed by atoms with Gasteiger partial charge in [-0.25, -0.2) is 0 Å². The summed E-state index contributed by atoms with van der Waals surface area (Å²) in [6.07, 6.45) is 0. The van der Waals surface area contributed by atoms with Crippen molar-refractivity contribution in [2.24, 2.45) is 0 Å². The second-order valence-corrected chi connectivity index (χ2v) is 4.01. The van der Waals surface area contributed by atoms with Crippen LogP contribution in [0.1, 0.15) is 20.8 Å². The van der Waals surface area contributed by atoms with E-state index in [0.717, 1.165) is 0 Å². The van der Waals surface area contributed by atoms with Crippen LogP contribution in [0.3, 0.4) is 0 Å². The highest BCUT2D eigenvalue weighted by atomic mass is 16.5. The van der Waals surface area contributed by atoms with Gasteiger partial charge in [-0.15, -0.1) is 0 Å². The molecule has 1 unspecified atom stereocenters. The van der Waals surface area contributed by atoms with E-state index in [9.17, 15) is 4.79 Å². The number of rotatable bonds is 2. The lowest BCUT2D eigenvalue weighted by atomic mass is 10.0. The van der Waals surface area contributed by atoms with E-state index in [1.165, 1.54) is 0 Å². The minimum Gasteiger partial charge on any atom is -0.393 e. The third-order valence-corrected chi connectivity index (χ3v) is 2.33. The molecule has 76 valence electrons. The molecule has 0 aromatic heterocycles. The second-order valence-electron chi connectivity index (χ2n) is 4.01. The summed E-state index contributed by atoms with van der Waals surface area (Å²) in [4.78, 5) is 13.1. The fraction of sp³-hybridized carbons (Fsp3) is 0.889. The van der Waals surface area contributed by atoms with E-state index < -0.39 is 5.60 Å². The summed E-state index contributed by atoms with van der Waals surface area (Å²) < 4.78 is 5.27. The Morgan fingerprint density at radius 2 is 2.31 bits per heavy atom. The first-order chi connectivity index (χ1) is 5.98. The van der Waals surface area contributed by atoms with E-state index in [2.05, 4.69) is 0 Å². The van der Waals surface area contributed by atoms with Crippen LogP contribution in [0.25, 0.3) is 0 Å². The van der Waals surface area contributed by atoms with Crippen molar-refractivity contribution < 1.29 is 14.6 Å². The average Bonchev–Trinajstić information content (AvgIpc) is 2.09. The molecule has 1 atom stereocenters. The van der Waals surface area contributed by atoms with E-state index in [1.54, 1.807) is 4.90 Å². The number of carbonyl (C=O) groups excluding carboxylic acids is 1. The van der Waals surface area contributed by atoms with Gasteiger partial charge < -0.3 is 14.7 Å². The van der Waals surface area contributed by atoms with E-state index in [0.29, 0.717) is 6.54 Å². The molecule has 1 heterocycles. The molecule has 0 aliphatic carbocycles. The number of hydrogen-bond donors (Lipinski definition) is 1. The van der Waals surface area contributed by atoms with Gasteiger partial charge in [0.05, 0.1) is 13.2 Å². The van der Waals surface area contributed by atoms with Gasteiger partial charge in [0, 0.05) is 6.04 Å². The van der Waals surface area contributed by atoms with Crippen molar-refractivity contribution in [2.45, 2.75) is 32.4 Å². The van der Waals surface area contributed by atoms with E-state index in [4.69, 9.17) is 9.84 Å². The van der Waals surface area contributed by atoms with Crippen molar-refractivity contribution in [1.29, 1.82) is 0 Å². The maximum atomic E-state index is 11.4. The normalized spacial score (nSPS) is 29.9. The van der Waals surface area contributed by atoms with E-state index >= 15 is 0 Å². The topological polar surface area (TPSA) is 49.8 Å². The van der Waals surface area contributed by atoms with Gasteiger partial charge >= 0.3 is 0 Å². The Labute approximate surface area is 78.5 Å². The molecular formula is C9H17NO3. The Bertz CT molecular complexity index is 205. The number of aliphatic hydroxyl groups excluding tert-OH is 1. The molecule has 4 nitrogen and oxygen atoms in total. The number of aliphatic hydroxyl groups is 1. The highest BCUT2D eigenvalue weighted by Crippen LogP contribution is 2.19. The maximum absolute atomic E-state index is 11.4. The predicted octanol–water partition coefficient (Wildman–Crippen LogP) is 0.00460. The largest absolute Gasteiger partial charge is 0.393 e. The molecule has 4 heteroatoms. The van der Waals surface area contributed by atoms with Gasteiger partial charge in [-0.2, -0.15) is 0 Å². The van der Waals surface area contributed by atoms with Crippen molar-refractivity contribution in [3.8, 4) is 0 Å². The molecule has 1 aliphatic rings. The summed E-state index contributed by atoms with van der Waals surface area (Å²) in [6.45, 7) is 6.23. The third-order valence-electron chi connectivity index (χ3n) is 2.33. The molecule has 0 radical (unpaired) electrons. The molecule has 0 saturated carbocycles. The molecule has 0 spiro atoms. The van der Waals surface area contributed by atoms with Crippen LogP contribution in [0.4, 0.5) is 0 Å². The quantitative estimate of drug-likeness (QED) is 0.662. The Hall–Kier alpha value is -0.610. The van der Waals surface area contributed by atoms with Crippen LogP contribution in [0, 0.1) is 0 Å². The zero-order valence-electron chi connectivity index (χ0n) is 8.41. The fourth-order valence-electron chi connectivity index (χ4n) is 1.38. The minimum atomic E-state index is -0.585. The number of hydrogen-bond acceptors (Lipinski definition) is 3. The first-order valence-corrected chi connectivity index (χ1v) is 4.53. The summed E-state index contributed by atoms with van der Waals surface area (Å²) in [5.41, 5.74) is -0.585. The third kappa shape index (κ3) is 2.19. The lowest BCUT2D eigenvalue weighted by Crippen LogP contribution is -2.56. The Morgan fingerprint density at radius 1 is 1.69 bits per heavy atom. The van der Waals surface area contributed by atoms with Crippen molar-refractivity contribution in [3.05, 3.63) is 0 Å². The van der Waals surface area contributed by atoms with Gasteiger partial charge in [-0.05, 0) is 20.8 Å². The van der Waals surface area contributed by atoms with Crippen LogP contribution in [0.5, 0.6) is 0 Å². The first kappa shape index (κ1) is 10.5. The molecule has 0 aromatic carbocycles. The van der Waals surface area contributed by atoms with Crippen LogP contribution >= 0.6 is 0 Å². The first-order valence-electron chi connectivity index (χ1n) is 4.53. The van der Waals surface area contributed by atoms with Gasteiger partial charge in [0.2, 0.25) is 5.91 Å². The van der Waals surface area contributed by atoms with Crippen molar-refractivity contribution >= 4 is 5.91 Å². The standard InChI is InChI=1S/C9H17NO3/c1-7(2)10-5-9(3,6-11)13-4-8(10)12/h7,11H,4-6H2,1-3H3. The van der Waals surface area contributed by atoms with Gasteiger partial charge in [-0.3, -0.25) is 4.79 Å². The molecule has 0 aromatic rings. The van der Waals surface area contributed by atoms with Crippen LogP contribution in [-0.2, 0) is 9.53 Å². The highest BCUT2D eigenvalue weighted by molar-refractivity contribution is 5.78. The highest BCUT2D eigenvalue weighted by Gasteiger charge is 2.36. The average molecular weight is 187 g/mol. The van der Waals surface area contributed by atoms with Crippen LogP contribution < -0.4 is 0 Å². The minimum absolute atomic E-state index is 0.000856. The van der Waals surface area contributed by atoms with Crippen LogP contribution in [-0.4, -0.2) is 47.3 Å². The molecular weight excluding hydrogens is 170 g/mol. The Morgan fingerprint density at radius 3 is 2.77 bits per heavy atom. The summed E-state index contributed by atoms with van der Waals surface area (Å²) in [7, 11) is 0. The fourth-order valence-corrected chi connectivity index (χ4v) is 1.38. The Balaban J connectivity index is 2.68. The second kappa shape index (κ2) is 3.64. The van der Waals surface area contributed by atoms with Crippen molar-refractivity contribution in [2.75, 3.05) is 19.8 Å². The molecule has 1 rings (SSSR count). The monoisotopic (exact) mass is 187 g/mol. The SMILES string of the molecule is CC(C)N1CC(C)(CO)OCC1=O. The zero-order chi connectivity index (χ0) is 10.1. The summed E-state index contributed by atoms with van der Waals surface area (Å²) in [5, 5.41) is 9.07. The molecule has 13 heavy (non-hydrogen) atoms. The van der Waals surface area contributed by atoms with Crippen LogP contribution in [0.15, 0.2) is 0 Å². The van der Waals surface area contributed by atoms with Crippen molar-refractivity contribution in [1.82, 2.24) is 4.90 Å². The molecule has 0 bridgehead atoms. The molecule has 1 N–H and O–H groups in total. The van der Waals surface area contributed by atoms with Gasteiger partial charge in [0.15, 0.2) is 0 Å². The molecule has 1 fully saturated rings. The number of ether oxygens (including phenoxy) is 1. The molecule has 1 aliphatic heterocycles. The number of nitrogens with zero attached hydrogens (tertiary/aromatic N) is 1. The molecule has 1 saturated heterocycles. The zero-order valence-corrected chi connectivity index (χ0v) is 8.41. The summed E-state index contributed by atoms with van der Waals surface area (Å²) in [6, 6.07) is 0.169. The predicted molar refractivity (Wildman–Crippen MR) is 48.3 cm³/mol. The number of amides is 1. The molecule has 1 amide bonds. The summed E-state index contributed by atoms with van der Waals surface area (Å²) >= 11 is 0. The van der Waals surface area contributed by atoms with Gasteiger partial charge in [0.25, 0.3) is 0 Å². The van der Waals surface area contributed by atoms with Crippen LogP contribution in [0.2, 0.25) is 0 Å². The lowest BCUT2D eigenvalue weighted by Gasteiger charge is -2.41. The maximum Gasteiger partial charge on any atom is 0.248 e. The van der Waals surface area contributed by atoms with Crippen molar-refractivity contribution in [3.63, 3.8) is 0 Å². The van der Waals surface area contributed by atoms with E-state index in [-0.39, 0.29) is 25.2 Å². The van der Waals surface area contributed by atoms with Gasteiger partial charge in [-0.1, -0.05) is 0 Å². The lowest BCUT2D eigenvalue weighted by molar-refractivity contribution is -0.169. The Kier molecular flexibility index (Phi) is 2.93. The van der Waals surface area contributed by atoms with Gasteiger partial charge in [0.1, 0.15) is 12.2 Å². The number of carbonyl (C=O) groups is 1. The van der Waals surface area contributed by atoms with E-state index in [1.807, 2.05) is 20.8 Å².